The first-order chi connectivity index (χ1) is 15.1. The number of hydrogen-bond donors (Lipinski definition) is 0. The number of hydrogen-bond acceptors (Lipinski definition) is 7. The lowest BCUT2D eigenvalue weighted by Crippen LogP contribution is -2.32. The lowest BCUT2D eigenvalue weighted by molar-refractivity contribution is -0.129. The van der Waals surface area contributed by atoms with E-state index in [-0.39, 0.29) is 17.7 Å². The summed E-state index contributed by atoms with van der Waals surface area (Å²) in [5.41, 5.74) is 3.00. The van der Waals surface area contributed by atoms with Gasteiger partial charge in [-0.25, -0.2) is 0 Å². The zero-order valence-corrected chi connectivity index (χ0v) is 18.6. The van der Waals surface area contributed by atoms with Crippen molar-refractivity contribution < 1.29 is 14.3 Å². The van der Waals surface area contributed by atoms with Crippen molar-refractivity contribution in [2.24, 2.45) is 0 Å². The summed E-state index contributed by atoms with van der Waals surface area (Å²) in [6.07, 6.45) is 1.84. The van der Waals surface area contributed by atoms with Crippen LogP contribution in [-0.2, 0) is 4.79 Å². The number of thioether (sulfide) groups is 1. The molecule has 31 heavy (non-hydrogen) atoms. The van der Waals surface area contributed by atoms with Crippen molar-refractivity contribution in [3.8, 4) is 17.2 Å². The molecule has 162 valence electrons. The smallest absolute Gasteiger partial charge is 0.233 e. The van der Waals surface area contributed by atoms with Crippen molar-refractivity contribution in [3.63, 3.8) is 0 Å². The van der Waals surface area contributed by atoms with Crippen molar-refractivity contribution in [1.29, 1.82) is 0 Å². The molecule has 1 aliphatic heterocycles. The highest BCUT2D eigenvalue weighted by atomic mass is 32.2. The van der Waals surface area contributed by atoms with Crippen LogP contribution in [0.3, 0.4) is 0 Å². The minimum atomic E-state index is -0.0359. The van der Waals surface area contributed by atoms with Gasteiger partial charge in [-0.1, -0.05) is 29.5 Å². The predicted molar refractivity (Wildman–Crippen MR) is 118 cm³/mol. The third kappa shape index (κ3) is 4.51. The van der Waals surface area contributed by atoms with Crippen molar-refractivity contribution in [3.05, 3.63) is 53.6 Å². The minimum absolute atomic E-state index is 0.0359. The van der Waals surface area contributed by atoms with Gasteiger partial charge >= 0.3 is 0 Å². The molecule has 0 unspecified atom stereocenters. The minimum Gasteiger partial charge on any atom is -0.497 e. The topological polar surface area (TPSA) is 82.4 Å². The fourth-order valence-electron chi connectivity index (χ4n) is 3.81. The van der Waals surface area contributed by atoms with Crippen LogP contribution in [-0.4, -0.2) is 57.5 Å². The van der Waals surface area contributed by atoms with Crippen molar-refractivity contribution in [2.45, 2.75) is 31.0 Å². The van der Waals surface area contributed by atoms with Crippen LogP contribution in [0.4, 0.5) is 0 Å². The highest BCUT2D eigenvalue weighted by Crippen LogP contribution is 2.39. The van der Waals surface area contributed by atoms with Crippen molar-refractivity contribution >= 4 is 17.7 Å². The Hall–Kier alpha value is -3.07. The molecule has 2 aromatic carbocycles. The Labute approximate surface area is 185 Å². The number of tetrazole rings is 1. The molecule has 0 saturated carbocycles. The summed E-state index contributed by atoms with van der Waals surface area (Å²) in [7, 11) is 3.28. The number of carbonyl (C=O) groups excluding carboxylic acids is 1. The van der Waals surface area contributed by atoms with Crippen LogP contribution >= 0.6 is 11.8 Å². The molecule has 1 fully saturated rings. The fourth-order valence-corrected chi connectivity index (χ4v) is 4.59. The number of carbonyl (C=O) groups is 1. The normalized spacial score (nSPS) is 15.8. The van der Waals surface area contributed by atoms with Gasteiger partial charge in [0.05, 0.1) is 31.7 Å². The Morgan fingerprint density at radius 1 is 1.16 bits per heavy atom. The van der Waals surface area contributed by atoms with Gasteiger partial charge in [0.15, 0.2) is 0 Å². The number of likely N-dealkylation sites (tertiary alicyclic amines) is 1. The Morgan fingerprint density at radius 3 is 2.71 bits per heavy atom. The summed E-state index contributed by atoms with van der Waals surface area (Å²) in [6.45, 7) is 2.74. The van der Waals surface area contributed by atoms with Gasteiger partial charge in [-0.05, 0) is 60.5 Å². The highest BCUT2D eigenvalue weighted by Gasteiger charge is 2.32. The number of ether oxygens (including phenoxy) is 2. The van der Waals surface area contributed by atoms with Gasteiger partial charge in [0.2, 0.25) is 11.1 Å². The number of benzene rings is 2. The van der Waals surface area contributed by atoms with E-state index in [0.29, 0.717) is 11.7 Å². The Kier molecular flexibility index (Phi) is 6.41. The summed E-state index contributed by atoms with van der Waals surface area (Å²) < 4.78 is 12.6. The average Bonchev–Trinajstić information content (AvgIpc) is 3.47. The van der Waals surface area contributed by atoms with Crippen LogP contribution in [0.5, 0.6) is 11.5 Å². The SMILES string of the molecule is COc1ccc(OC)c([C@H]2CCCN2C(=O)CSc2nnnn2-c2ccc(C)cc2)c1. The molecule has 1 saturated heterocycles. The van der Waals surface area contributed by atoms with E-state index in [1.54, 1.807) is 18.9 Å². The fraction of sp³-hybridized carbons (Fsp3) is 0.364. The number of methoxy groups -OCH3 is 2. The third-order valence-electron chi connectivity index (χ3n) is 5.41. The quantitative estimate of drug-likeness (QED) is 0.522. The maximum absolute atomic E-state index is 13.1. The predicted octanol–water partition coefficient (Wildman–Crippen LogP) is 3.44. The van der Waals surface area contributed by atoms with E-state index < -0.39 is 0 Å². The lowest BCUT2D eigenvalue weighted by Gasteiger charge is -2.26. The molecule has 0 N–H and O–H groups in total. The number of amides is 1. The molecule has 9 heteroatoms. The van der Waals surface area contributed by atoms with Crippen LogP contribution in [0.15, 0.2) is 47.6 Å². The maximum Gasteiger partial charge on any atom is 0.233 e. The molecule has 1 aliphatic rings. The van der Waals surface area contributed by atoms with Gasteiger partial charge in [-0.3, -0.25) is 4.79 Å². The number of nitrogens with zero attached hydrogens (tertiary/aromatic N) is 5. The first kappa shape index (κ1) is 21.2. The molecule has 3 aromatic rings. The van der Waals surface area contributed by atoms with E-state index in [2.05, 4.69) is 15.5 Å². The first-order valence-corrected chi connectivity index (χ1v) is 11.1. The summed E-state index contributed by atoms with van der Waals surface area (Å²) in [5.74, 6) is 1.83. The first-order valence-electron chi connectivity index (χ1n) is 10.1. The van der Waals surface area contributed by atoms with E-state index in [1.165, 1.54) is 11.8 Å². The Balaban J connectivity index is 1.48. The molecule has 0 radical (unpaired) electrons. The molecular formula is C22H25N5O3S. The molecule has 2 heterocycles. The van der Waals surface area contributed by atoms with Gasteiger partial charge < -0.3 is 14.4 Å². The lowest BCUT2D eigenvalue weighted by atomic mass is 10.0. The molecular weight excluding hydrogens is 414 g/mol. The standard InChI is InChI=1S/C22H25N5O3S/c1-15-6-8-16(9-7-15)27-22(23-24-25-27)31-14-21(28)26-12-4-5-19(26)18-13-17(29-2)10-11-20(18)30-3/h6-11,13,19H,4-5,12,14H2,1-3H3/t19-/m1/s1. The summed E-state index contributed by atoms with van der Waals surface area (Å²) in [4.78, 5) is 15.0. The van der Waals surface area contributed by atoms with Crippen LogP contribution in [0.1, 0.15) is 30.0 Å². The second kappa shape index (κ2) is 9.38. The van der Waals surface area contributed by atoms with Gasteiger partial charge in [-0.2, -0.15) is 4.68 Å². The molecule has 1 amide bonds. The monoisotopic (exact) mass is 439 g/mol. The number of aromatic nitrogens is 4. The summed E-state index contributed by atoms with van der Waals surface area (Å²) in [6, 6.07) is 13.6. The van der Waals surface area contributed by atoms with Crippen LogP contribution < -0.4 is 9.47 Å². The summed E-state index contributed by atoms with van der Waals surface area (Å²) in [5, 5.41) is 12.6. The second-order valence-corrected chi connectivity index (χ2v) is 8.29. The van der Waals surface area contributed by atoms with E-state index in [1.807, 2.05) is 54.3 Å². The third-order valence-corrected chi connectivity index (χ3v) is 6.32. The molecule has 0 aliphatic carbocycles. The van der Waals surface area contributed by atoms with E-state index in [0.717, 1.165) is 41.2 Å². The molecule has 1 atom stereocenters. The van der Waals surface area contributed by atoms with Crippen LogP contribution in [0.2, 0.25) is 0 Å². The van der Waals surface area contributed by atoms with Gasteiger partial charge in [0, 0.05) is 12.1 Å². The molecule has 8 nitrogen and oxygen atoms in total. The maximum atomic E-state index is 13.1. The zero-order chi connectivity index (χ0) is 21.8. The van der Waals surface area contributed by atoms with Crippen molar-refractivity contribution in [1.82, 2.24) is 25.1 Å². The number of aryl methyl sites for hydroxylation is 1. The molecule has 4 rings (SSSR count). The van der Waals surface area contributed by atoms with Crippen molar-refractivity contribution in [2.75, 3.05) is 26.5 Å². The molecule has 1 aromatic heterocycles. The Bertz CT molecular complexity index is 1050. The summed E-state index contributed by atoms with van der Waals surface area (Å²) >= 11 is 1.34. The molecule has 0 spiro atoms. The highest BCUT2D eigenvalue weighted by molar-refractivity contribution is 7.99. The largest absolute Gasteiger partial charge is 0.497 e. The van der Waals surface area contributed by atoms with Crippen LogP contribution in [0.25, 0.3) is 5.69 Å². The average molecular weight is 440 g/mol. The molecule has 0 bridgehead atoms. The number of rotatable bonds is 7. The van der Waals surface area contributed by atoms with Crippen LogP contribution in [0, 0.1) is 6.92 Å². The Morgan fingerprint density at radius 2 is 1.97 bits per heavy atom. The van der Waals surface area contributed by atoms with E-state index in [4.69, 9.17) is 9.47 Å². The van der Waals surface area contributed by atoms with Gasteiger partial charge in [-0.15, -0.1) is 5.10 Å². The second-order valence-electron chi connectivity index (χ2n) is 7.35. The van der Waals surface area contributed by atoms with Gasteiger partial charge in [0.1, 0.15) is 11.5 Å². The van der Waals surface area contributed by atoms with E-state index >= 15 is 0 Å². The zero-order valence-electron chi connectivity index (χ0n) is 17.8. The van der Waals surface area contributed by atoms with E-state index in [9.17, 15) is 4.79 Å². The van der Waals surface area contributed by atoms with Gasteiger partial charge in [0.25, 0.3) is 0 Å².